The molecule has 0 aliphatic carbocycles. The molecule has 0 atom stereocenters. The maximum absolute atomic E-state index is 11.6. The lowest BCUT2D eigenvalue weighted by Crippen LogP contribution is -2.58. The van der Waals surface area contributed by atoms with Crippen molar-refractivity contribution in [2.45, 2.75) is 38.3 Å². The minimum atomic E-state index is -0.719. The van der Waals surface area contributed by atoms with Gasteiger partial charge in [-0.05, 0) is 31.4 Å². The van der Waals surface area contributed by atoms with Crippen LogP contribution in [-0.2, 0) is 11.3 Å². The van der Waals surface area contributed by atoms with E-state index < -0.39 is 11.5 Å². The lowest BCUT2D eigenvalue weighted by Gasteiger charge is -2.39. The second-order valence-electron chi connectivity index (χ2n) is 5.58. The summed E-state index contributed by atoms with van der Waals surface area (Å²) in [6.45, 7) is 5.40. The lowest BCUT2D eigenvalue weighted by atomic mass is 9.87. The van der Waals surface area contributed by atoms with Crippen LogP contribution in [0, 0.1) is 0 Å². The summed E-state index contributed by atoms with van der Waals surface area (Å²) in [6.07, 6.45) is 2.31. The van der Waals surface area contributed by atoms with E-state index >= 15 is 0 Å². The summed E-state index contributed by atoms with van der Waals surface area (Å²) in [5.41, 5.74) is 0.570. The third kappa shape index (κ3) is 3.58. The van der Waals surface area contributed by atoms with Crippen LogP contribution in [0.3, 0.4) is 0 Å². The lowest BCUT2D eigenvalue weighted by molar-refractivity contribution is -0.147. The molecule has 110 valence electrons. The van der Waals surface area contributed by atoms with Crippen LogP contribution in [-0.4, -0.2) is 41.1 Å². The molecule has 0 bridgehead atoms. The molecular formula is C16H24N2O2. The first-order chi connectivity index (χ1) is 9.66. The van der Waals surface area contributed by atoms with Crippen molar-refractivity contribution in [2.24, 2.45) is 0 Å². The van der Waals surface area contributed by atoms with Gasteiger partial charge in [0.2, 0.25) is 0 Å². The van der Waals surface area contributed by atoms with Gasteiger partial charge in [-0.25, -0.2) is 0 Å². The molecule has 0 saturated carbocycles. The van der Waals surface area contributed by atoms with Crippen molar-refractivity contribution >= 4 is 5.97 Å². The Morgan fingerprint density at radius 1 is 1.30 bits per heavy atom. The van der Waals surface area contributed by atoms with E-state index in [1.165, 1.54) is 5.56 Å². The van der Waals surface area contributed by atoms with Gasteiger partial charge in [-0.15, -0.1) is 0 Å². The van der Waals surface area contributed by atoms with Gasteiger partial charge in [0.25, 0.3) is 0 Å². The Balaban J connectivity index is 1.91. The first-order valence-corrected chi connectivity index (χ1v) is 7.41. The van der Waals surface area contributed by atoms with Crippen LogP contribution in [0.4, 0.5) is 0 Å². The summed E-state index contributed by atoms with van der Waals surface area (Å²) in [7, 11) is 0. The quantitative estimate of drug-likeness (QED) is 0.835. The fourth-order valence-electron chi connectivity index (χ4n) is 2.77. The zero-order chi connectivity index (χ0) is 14.4. The average molecular weight is 276 g/mol. The molecular weight excluding hydrogens is 252 g/mol. The zero-order valence-corrected chi connectivity index (χ0v) is 12.1. The first-order valence-electron chi connectivity index (χ1n) is 7.41. The SMILES string of the molecule is CCCNC1(C(=O)O)CCN(Cc2ccccc2)CC1. The number of rotatable bonds is 6. The van der Waals surface area contributed by atoms with Crippen molar-refractivity contribution in [1.29, 1.82) is 0 Å². The molecule has 1 aromatic carbocycles. The number of hydrogen-bond donors (Lipinski definition) is 2. The summed E-state index contributed by atoms with van der Waals surface area (Å²) >= 11 is 0. The van der Waals surface area contributed by atoms with Crippen LogP contribution in [0.15, 0.2) is 30.3 Å². The number of carbonyl (C=O) groups is 1. The Labute approximate surface area is 120 Å². The van der Waals surface area contributed by atoms with E-state index in [0.29, 0.717) is 12.8 Å². The number of carboxylic acid groups (broad SMARTS) is 1. The van der Waals surface area contributed by atoms with Crippen molar-refractivity contribution < 1.29 is 9.90 Å². The molecule has 1 aromatic rings. The third-order valence-electron chi connectivity index (χ3n) is 4.08. The molecule has 1 aliphatic rings. The Morgan fingerprint density at radius 2 is 1.95 bits per heavy atom. The molecule has 1 saturated heterocycles. The number of aliphatic carboxylic acids is 1. The molecule has 1 heterocycles. The predicted molar refractivity (Wildman–Crippen MR) is 79.6 cm³/mol. The van der Waals surface area contributed by atoms with E-state index in [1.807, 2.05) is 18.2 Å². The molecule has 2 N–H and O–H groups in total. The highest BCUT2D eigenvalue weighted by molar-refractivity contribution is 5.79. The molecule has 1 fully saturated rings. The molecule has 0 unspecified atom stereocenters. The van der Waals surface area contributed by atoms with Gasteiger partial charge in [-0.2, -0.15) is 0 Å². The summed E-state index contributed by atoms with van der Waals surface area (Å²) in [5, 5.41) is 12.8. The highest BCUT2D eigenvalue weighted by atomic mass is 16.4. The number of nitrogens with zero attached hydrogens (tertiary/aromatic N) is 1. The first kappa shape index (κ1) is 15.0. The van der Waals surface area contributed by atoms with Gasteiger partial charge in [-0.3, -0.25) is 9.69 Å². The summed E-state index contributed by atoms with van der Waals surface area (Å²) in [6, 6.07) is 10.3. The van der Waals surface area contributed by atoms with Gasteiger partial charge < -0.3 is 10.4 Å². The molecule has 0 spiro atoms. The molecule has 0 amide bonds. The topological polar surface area (TPSA) is 52.6 Å². The van der Waals surface area contributed by atoms with Crippen LogP contribution in [0.5, 0.6) is 0 Å². The highest BCUT2D eigenvalue weighted by Gasteiger charge is 2.40. The minimum Gasteiger partial charge on any atom is -0.480 e. The van der Waals surface area contributed by atoms with Crippen molar-refractivity contribution in [2.75, 3.05) is 19.6 Å². The molecule has 4 nitrogen and oxygen atoms in total. The second-order valence-corrected chi connectivity index (χ2v) is 5.58. The molecule has 20 heavy (non-hydrogen) atoms. The van der Waals surface area contributed by atoms with E-state index in [4.69, 9.17) is 0 Å². The molecule has 0 aromatic heterocycles. The summed E-state index contributed by atoms with van der Waals surface area (Å²) in [4.78, 5) is 13.9. The van der Waals surface area contributed by atoms with Gasteiger partial charge in [0.15, 0.2) is 0 Å². The Morgan fingerprint density at radius 3 is 2.50 bits per heavy atom. The van der Waals surface area contributed by atoms with Crippen LogP contribution < -0.4 is 5.32 Å². The maximum Gasteiger partial charge on any atom is 0.323 e. The Kier molecular flexibility index (Phi) is 5.15. The monoisotopic (exact) mass is 276 g/mol. The number of nitrogens with one attached hydrogen (secondary N) is 1. The van der Waals surface area contributed by atoms with Crippen LogP contribution >= 0.6 is 0 Å². The standard InChI is InChI=1S/C16H24N2O2/c1-2-10-17-16(15(19)20)8-11-18(12-9-16)13-14-6-4-3-5-7-14/h3-7,17H,2,8-13H2,1H3,(H,19,20). The highest BCUT2D eigenvalue weighted by Crippen LogP contribution is 2.24. The van der Waals surface area contributed by atoms with E-state index in [0.717, 1.165) is 32.6 Å². The number of likely N-dealkylation sites (tertiary alicyclic amines) is 1. The number of carboxylic acids is 1. The van der Waals surface area contributed by atoms with Crippen LogP contribution in [0.2, 0.25) is 0 Å². The number of piperidine rings is 1. The van der Waals surface area contributed by atoms with E-state index in [1.54, 1.807) is 0 Å². The van der Waals surface area contributed by atoms with E-state index in [2.05, 4.69) is 29.3 Å². The fourth-order valence-corrected chi connectivity index (χ4v) is 2.77. The molecule has 1 aliphatic heterocycles. The van der Waals surface area contributed by atoms with E-state index in [-0.39, 0.29) is 0 Å². The third-order valence-corrected chi connectivity index (χ3v) is 4.08. The van der Waals surface area contributed by atoms with Gasteiger partial charge in [-0.1, -0.05) is 37.3 Å². The van der Waals surface area contributed by atoms with Crippen molar-refractivity contribution in [3.63, 3.8) is 0 Å². The van der Waals surface area contributed by atoms with Gasteiger partial charge in [0.05, 0.1) is 0 Å². The predicted octanol–water partition coefficient (Wildman–Crippen LogP) is 2.11. The molecule has 2 rings (SSSR count). The van der Waals surface area contributed by atoms with Gasteiger partial charge in [0, 0.05) is 19.6 Å². The minimum absolute atomic E-state index is 0.676. The van der Waals surface area contributed by atoms with E-state index in [9.17, 15) is 9.90 Å². The van der Waals surface area contributed by atoms with Crippen molar-refractivity contribution in [3.8, 4) is 0 Å². The second kappa shape index (κ2) is 6.86. The van der Waals surface area contributed by atoms with Gasteiger partial charge >= 0.3 is 5.97 Å². The number of hydrogen-bond acceptors (Lipinski definition) is 3. The summed E-state index contributed by atoms with van der Waals surface area (Å²) in [5.74, 6) is -0.703. The summed E-state index contributed by atoms with van der Waals surface area (Å²) < 4.78 is 0. The molecule has 0 radical (unpaired) electrons. The average Bonchev–Trinajstić information content (AvgIpc) is 2.47. The normalized spacial score (nSPS) is 18.9. The molecule has 4 heteroatoms. The Bertz CT molecular complexity index is 425. The van der Waals surface area contributed by atoms with Crippen LogP contribution in [0.25, 0.3) is 0 Å². The van der Waals surface area contributed by atoms with Gasteiger partial charge in [0.1, 0.15) is 5.54 Å². The maximum atomic E-state index is 11.6. The largest absolute Gasteiger partial charge is 0.480 e. The van der Waals surface area contributed by atoms with Crippen molar-refractivity contribution in [1.82, 2.24) is 10.2 Å². The Hall–Kier alpha value is -1.39. The smallest absolute Gasteiger partial charge is 0.323 e. The number of benzene rings is 1. The fraction of sp³-hybridized carbons (Fsp3) is 0.562. The zero-order valence-electron chi connectivity index (χ0n) is 12.1. The van der Waals surface area contributed by atoms with Crippen molar-refractivity contribution in [3.05, 3.63) is 35.9 Å². The van der Waals surface area contributed by atoms with Crippen LogP contribution in [0.1, 0.15) is 31.7 Å².